The highest BCUT2D eigenvalue weighted by Gasteiger charge is 2.34. The summed E-state index contributed by atoms with van der Waals surface area (Å²) < 4.78 is 2.13. The largest absolute Gasteiger partial charge is 0.272 e. The first-order chi connectivity index (χ1) is 8.85. The molecule has 0 amide bonds. The van der Waals surface area contributed by atoms with Crippen molar-refractivity contribution in [2.75, 3.05) is 0 Å². The molecule has 18 heavy (non-hydrogen) atoms. The standard InChI is InChI=1S/C16H28N2/c1-3-5-6-8-16-14(4-2)9-10-15(16)13-18-12-7-11-17-18/h7,11-12,14-16H,3-6,8-10,13H2,1-2H3. The van der Waals surface area contributed by atoms with Crippen molar-refractivity contribution < 1.29 is 0 Å². The minimum Gasteiger partial charge on any atom is -0.272 e. The zero-order valence-electron chi connectivity index (χ0n) is 12.0. The molecule has 1 aromatic rings. The van der Waals surface area contributed by atoms with Crippen LogP contribution < -0.4 is 0 Å². The maximum atomic E-state index is 4.38. The first-order valence-electron chi connectivity index (χ1n) is 7.82. The van der Waals surface area contributed by atoms with Crippen LogP contribution in [0.1, 0.15) is 58.8 Å². The third-order valence-corrected chi connectivity index (χ3v) is 4.77. The maximum Gasteiger partial charge on any atom is 0.0489 e. The normalized spacial score (nSPS) is 27.8. The van der Waals surface area contributed by atoms with Crippen LogP contribution in [0.4, 0.5) is 0 Å². The Kier molecular flexibility index (Phi) is 5.27. The number of aromatic nitrogens is 2. The Balaban J connectivity index is 1.90. The number of rotatable bonds is 7. The second-order valence-electron chi connectivity index (χ2n) is 5.89. The van der Waals surface area contributed by atoms with Gasteiger partial charge < -0.3 is 0 Å². The highest BCUT2D eigenvalue weighted by Crippen LogP contribution is 2.42. The van der Waals surface area contributed by atoms with Gasteiger partial charge in [0.25, 0.3) is 0 Å². The van der Waals surface area contributed by atoms with Crippen molar-refractivity contribution >= 4 is 0 Å². The third-order valence-electron chi connectivity index (χ3n) is 4.77. The lowest BCUT2D eigenvalue weighted by Crippen LogP contribution is -2.19. The van der Waals surface area contributed by atoms with E-state index in [2.05, 4.69) is 29.8 Å². The van der Waals surface area contributed by atoms with Crippen molar-refractivity contribution in [3.05, 3.63) is 18.5 Å². The van der Waals surface area contributed by atoms with Gasteiger partial charge in [-0.15, -0.1) is 0 Å². The van der Waals surface area contributed by atoms with Crippen LogP contribution in [-0.2, 0) is 6.54 Å². The van der Waals surface area contributed by atoms with E-state index >= 15 is 0 Å². The lowest BCUT2D eigenvalue weighted by molar-refractivity contribution is 0.249. The molecule has 1 aromatic heterocycles. The van der Waals surface area contributed by atoms with Gasteiger partial charge in [-0.05, 0) is 43.1 Å². The average molecular weight is 248 g/mol. The van der Waals surface area contributed by atoms with E-state index in [0.29, 0.717) is 0 Å². The molecule has 102 valence electrons. The van der Waals surface area contributed by atoms with Crippen LogP contribution in [-0.4, -0.2) is 9.78 Å². The monoisotopic (exact) mass is 248 g/mol. The summed E-state index contributed by atoms with van der Waals surface area (Å²) in [6.07, 6.45) is 13.8. The van der Waals surface area contributed by atoms with Gasteiger partial charge in [-0.3, -0.25) is 4.68 Å². The second-order valence-corrected chi connectivity index (χ2v) is 5.89. The Labute approximate surface area is 112 Å². The Hall–Kier alpha value is -0.790. The summed E-state index contributed by atoms with van der Waals surface area (Å²) in [5.74, 6) is 2.79. The average Bonchev–Trinajstić information content (AvgIpc) is 3.01. The summed E-state index contributed by atoms with van der Waals surface area (Å²) in [6.45, 7) is 5.81. The fourth-order valence-corrected chi connectivity index (χ4v) is 3.72. The molecule has 1 aliphatic rings. The first-order valence-corrected chi connectivity index (χ1v) is 7.82. The lowest BCUT2D eigenvalue weighted by atomic mass is 9.83. The van der Waals surface area contributed by atoms with Gasteiger partial charge >= 0.3 is 0 Å². The van der Waals surface area contributed by atoms with Crippen LogP contribution in [0.2, 0.25) is 0 Å². The molecule has 1 heterocycles. The minimum atomic E-state index is 0.867. The van der Waals surface area contributed by atoms with Gasteiger partial charge in [-0.1, -0.05) is 39.5 Å². The SMILES string of the molecule is CCCCCC1C(CC)CCC1Cn1cccn1. The smallest absolute Gasteiger partial charge is 0.0489 e. The molecule has 3 unspecified atom stereocenters. The molecule has 0 aliphatic heterocycles. The van der Waals surface area contributed by atoms with E-state index in [1.54, 1.807) is 0 Å². The van der Waals surface area contributed by atoms with E-state index in [4.69, 9.17) is 0 Å². The molecule has 1 fully saturated rings. The number of hydrogen-bond acceptors (Lipinski definition) is 1. The molecule has 0 spiro atoms. The number of nitrogens with zero attached hydrogens (tertiary/aromatic N) is 2. The van der Waals surface area contributed by atoms with Crippen molar-refractivity contribution in [1.82, 2.24) is 9.78 Å². The molecule has 0 N–H and O–H groups in total. The Morgan fingerprint density at radius 2 is 2.00 bits per heavy atom. The van der Waals surface area contributed by atoms with Gasteiger partial charge in [0, 0.05) is 18.9 Å². The minimum absolute atomic E-state index is 0.867. The quantitative estimate of drug-likeness (QED) is 0.649. The molecule has 0 aromatic carbocycles. The van der Waals surface area contributed by atoms with Crippen molar-refractivity contribution in [2.24, 2.45) is 17.8 Å². The highest BCUT2D eigenvalue weighted by atomic mass is 15.3. The summed E-state index contributed by atoms with van der Waals surface area (Å²) in [5.41, 5.74) is 0. The van der Waals surface area contributed by atoms with Gasteiger partial charge in [0.2, 0.25) is 0 Å². The zero-order chi connectivity index (χ0) is 12.8. The van der Waals surface area contributed by atoms with Crippen LogP contribution in [0.3, 0.4) is 0 Å². The van der Waals surface area contributed by atoms with E-state index in [-0.39, 0.29) is 0 Å². The molecule has 1 aliphatic carbocycles. The Morgan fingerprint density at radius 1 is 1.17 bits per heavy atom. The molecule has 2 rings (SSSR count). The molecular weight excluding hydrogens is 220 g/mol. The fraction of sp³-hybridized carbons (Fsp3) is 0.812. The Bertz CT molecular complexity index is 318. The number of hydrogen-bond donors (Lipinski definition) is 0. The topological polar surface area (TPSA) is 17.8 Å². The fourth-order valence-electron chi connectivity index (χ4n) is 3.72. The van der Waals surface area contributed by atoms with E-state index < -0.39 is 0 Å². The molecule has 2 nitrogen and oxygen atoms in total. The molecule has 2 heteroatoms. The van der Waals surface area contributed by atoms with E-state index in [0.717, 1.165) is 24.3 Å². The highest BCUT2D eigenvalue weighted by molar-refractivity contribution is 4.86. The summed E-state index contributed by atoms with van der Waals surface area (Å²) in [7, 11) is 0. The van der Waals surface area contributed by atoms with Gasteiger partial charge in [-0.25, -0.2) is 0 Å². The van der Waals surface area contributed by atoms with E-state index in [9.17, 15) is 0 Å². The van der Waals surface area contributed by atoms with Gasteiger partial charge in [0.05, 0.1) is 0 Å². The molecule has 0 radical (unpaired) electrons. The van der Waals surface area contributed by atoms with Gasteiger partial charge in [0.15, 0.2) is 0 Å². The zero-order valence-corrected chi connectivity index (χ0v) is 12.0. The molecular formula is C16H28N2. The molecule has 3 atom stereocenters. The predicted molar refractivity (Wildman–Crippen MR) is 76.4 cm³/mol. The van der Waals surface area contributed by atoms with E-state index in [1.807, 2.05) is 12.3 Å². The summed E-state index contributed by atoms with van der Waals surface area (Å²) >= 11 is 0. The van der Waals surface area contributed by atoms with Crippen LogP contribution >= 0.6 is 0 Å². The summed E-state index contributed by atoms with van der Waals surface area (Å²) in [5, 5.41) is 4.38. The van der Waals surface area contributed by atoms with Crippen molar-refractivity contribution in [2.45, 2.75) is 65.3 Å². The van der Waals surface area contributed by atoms with Crippen molar-refractivity contribution in [3.8, 4) is 0 Å². The predicted octanol–water partition coefficient (Wildman–Crippen LogP) is 4.52. The maximum absolute atomic E-state index is 4.38. The van der Waals surface area contributed by atoms with Crippen LogP contribution in [0, 0.1) is 17.8 Å². The molecule has 1 saturated carbocycles. The van der Waals surface area contributed by atoms with Crippen LogP contribution in [0.5, 0.6) is 0 Å². The molecule has 0 saturated heterocycles. The van der Waals surface area contributed by atoms with Gasteiger partial charge in [0.1, 0.15) is 0 Å². The molecule has 0 bridgehead atoms. The van der Waals surface area contributed by atoms with Crippen molar-refractivity contribution in [1.29, 1.82) is 0 Å². The first kappa shape index (κ1) is 13.6. The second kappa shape index (κ2) is 6.96. The lowest BCUT2D eigenvalue weighted by Gasteiger charge is -2.24. The third kappa shape index (κ3) is 3.37. The van der Waals surface area contributed by atoms with Gasteiger partial charge in [-0.2, -0.15) is 5.10 Å². The van der Waals surface area contributed by atoms with Crippen LogP contribution in [0.25, 0.3) is 0 Å². The van der Waals surface area contributed by atoms with E-state index in [1.165, 1.54) is 44.9 Å². The summed E-state index contributed by atoms with van der Waals surface area (Å²) in [4.78, 5) is 0. The van der Waals surface area contributed by atoms with Crippen molar-refractivity contribution in [3.63, 3.8) is 0 Å². The summed E-state index contributed by atoms with van der Waals surface area (Å²) in [6, 6.07) is 2.04. The Morgan fingerprint density at radius 3 is 2.67 bits per heavy atom. The van der Waals surface area contributed by atoms with Crippen LogP contribution in [0.15, 0.2) is 18.5 Å². The number of unbranched alkanes of at least 4 members (excludes halogenated alkanes) is 2.